The number of rotatable bonds is 4. The van der Waals surface area contributed by atoms with Gasteiger partial charge in [-0.1, -0.05) is 0 Å². The Hall–Kier alpha value is -2.67. The van der Waals surface area contributed by atoms with E-state index >= 15 is 0 Å². The number of thiophene rings is 1. The molecule has 1 aliphatic heterocycles. The van der Waals surface area contributed by atoms with Gasteiger partial charge in [0.2, 0.25) is 5.91 Å². The fraction of sp³-hybridized carbons (Fsp3) is 0.235. The number of esters is 1. The van der Waals surface area contributed by atoms with Gasteiger partial charge in [-0.05, 0) is 42.1 Å². The van der Waals surface area contributed by atoms with Crippen molar-refractivity contribution in [3.8, 4) is 0 Å². The van der Waals surface area contributed by atoms with Gasteiger partial charge in [0.1, 0.15) is 4.88 Å². The summed E-state index contributed by atoms with van der Waals surface area (Å²) in [6.07, 6.45) is 1.42. The Morgan fingerprint density at radius 1 is 1.21 bits per heavy atom. The summed E-state index contributed by atoms with van der Waals surface area (Å²) < 4.78 is 4.69. The van der Waals surface area contributed by atoms with Crippen LogP contribution < -0.4 is 10.2 Å². The highest BCUT2D eigenvalue weighted by molar-refractivity contribution is 7.12. The van der Waals surface area contributed by atoms with E-state index in [2.05, 4.69) is 10.1 Å². The number of nitrogens with one attached hydrogen (secondary N) is 1. The first kappa shape index (κ1) is 16.2. The molecule has 0 unspecified atom stereocenters. The quantitative estimate of drug-likeness (QED) is 0.865. The number of benzene rings is 1. The zero-order chi connectivity index (χ0) is 17.1. The molecule has 3 rings (SSSR count). The zero-order valence-electron chi connectivity index (χ0n) is 13.1. The third-order valence-electron chi connectivity index (χ3n) is 3.80. The SMILES string of the molecule is COC(=O)c1sccc1NC(=O)c1ccc(N2CCCC2=O)cc1. The Bertz CT molecular complexity index is 782. The number of ether oxygens (including phenoxy) is 1. The van der Waals surface area contributed by atoms with Crippen molar-refractivity contribution in [2.24, 2.45) is 0 Å². The van der Waals surface area contributed by atoms with Crippen molar-refractivity contribution >= 4 is 40.5 Å². The van der Waals surface area contributed by atoms with Gasteiger partial charge in [0.15, 0.2) is 0 Å². The first-order valence-corrected chi connectivity index (χ1v) is 8.35. The molecule has 2 heterocycles. The molecule has 2 aromatic rings. The lowest BCUT2D eigenvalue weighted by Gasteiger charge is -2.15. The lowest BCUT2D eigenvalue weighted by atomic mass is 10.2. The molecule has 1 aliphatic rings. The molecular formula is C17H16N2O4S. The van der Waals surface area contributed by atoms with Crippen LogP contribution in [0.3, 0.4) is 0 Å². The van der Waals surface area contributed by atoms with E-state index in [0.717, 1.165) is 12.1 Å². The van der Waals surface area contributed by atoms with Crippen LogP contribution in [0, 0.1) is 0 Å². The van der Waals surface area contributed by atoms with E-state index in [4.69, 9.17) is 0 Å². The number of methoxy groups -OCH3 is 1. The third kappa shape index (κ3) is 3.16. The van der Waals surface area contributed by atoms with E-state index < -0.39 is 5.97 Å². The average molecular weight is 344 g/mol. The van der Waals surface area contributed by atoms with Crippen molar-refractivity contribution in [1.29, 1.82) is 0 Å². The summed E-state index contributed by atoms with van der Waals surface area (Å²) in [5.74, 6) is -0.700. The highest BCUT2D eigenvalue weighted by Crippen LogP contribution is 2.25. The Morgan fingerprint density at radius 2 is 1.96 bits per heavy atom. The van der Waals surface area contributed by atoms with Crippen molar-refractivity contribution in [2.45, 2.75) is 12.8 Å². The van der Waals surface area contributed by atoms with Crippen molar-refractivity contribution in [3.05, 3.63) is 46.2 Å². The topological polar surface area (TPSA) is 75.7 Å². The van der Waals surface area contributed by atoms with E-state index in [1.54, 1.807) is 40.6 Å². The fourth-order valence-corrected chi connectivity index (χ4v) is 3.33. The van der Waals surface area contributed by atoms with Crippen molar-refractivity contribution in [3.63, 3.8) is 0 Å². The molecule has 24 heavy (non-hydrogen) atoms. The van der Waals surface area contributed by atoms with Crippen LogP contribution in [0.15, 0.2) is 35.7 Å². The maximum atomic E-state index is 12.3. The second kappa shape index (κ2) is 6.84. The molecule has 0 saturated carbocycles. The molecule has 0 radical (unpaired) electrons. The standard InChI is InChI=1S/C17H16N2O4S/c1-23-17(22)15-13(8-10-24-15)18-16(21)11-4-6-12(7-5-11)19-9-2-3-14(19)20/h4-8,10H,2-3,9H2,1H3,(H,18,21). The Labute approximate surface area is 143 Å². The van der Waals surface area contributed by atoms with E-state index in [1.807, 2.05) is 0 Å². The number of carbonyl (C=O) groups excluding carboxylic acids is 3. The summed E-state index contributed by atoms with van der Waals surface area (Å²) in [6, 6.07) is 8.51. The molecule has 0 atom stereocenters. The van der Waals surface area contributed by atoms with E-state index in [-0.39, 0.29) is 11.8 Å². The van der Waals surface area contributed by atoms with E-state index in [0.29, 0.717) is 29.1 Å². The molecule has 124 valence electrons. The van der Waals surface area contributed by atoms with Crippen LogP contribution in [0.4, 0.5) is 11.4 Å². The van der Waals surface area contributed by atoms with Crippen LogP contribution in [0.25, 0.3) is 0 Å². The average Bonchev–Trinajstić information content (AvgIpc) is 3.23. The lowest BCUT2D eigenvalue weighted by molar-refractivity contribution is -0.117. The van der Waals surface area contributed by atoms with Crippen LogP contribution in [-0.2, 0) is 9.53 Å². The van der Waals surface area contributed by atoms with Crippen molar-refractivity contribution in [2.75, 3.05) is 23.9 Å². The van der Waals surface area contributed by atoms with Crippen LogP contribution in [0.1, 0.15) is 32.9 Å². The molecule has 0 bridgehead atoms. The van der Waals surface area contributed by atoms with Crippen molar-refractivity contribution in [1.82, 2.24) is 0 Å². The molecule has 2 amide bonds. The number of hydrogen-bond acceptors (Lipinski definition) is 5. The number of carbonyl (C=O) groups is 3. The maximum absolute atomic E-state index is 12.3. The number of nitrogens with zero attached hydrogens (tertiary/aromatic N) is 1. The molecule has 1 N–H and O–H groups in total. The minimum absolute atomic E-state index is 0.105. The van der Waals surface area contributed by atoms with Crippen LogP contribution in [0.2, 0.25) is 0 Å². The molecule has 1 fully saturated rings. The predicted molar refractivity (Wildman–Crippen MR) is 91.6 cm³/mol. The van der Waals surface area contributed by atoms with Gasteiger partial charge in [-0.2, -0.15) is 0 Å². The van der Waals surface area contributed by atoms with Crippen LogP contribution >= 0.6 is 11.3 Å². The number of hydrogen-bond donors (Lipinski definition) is 1. The van der Waals surface area contributed by atoms with Gasteiger partial charge in [-0.15, -0.1) is 11.3 Å². The summed E-state index contributed by atoms with van der Waals surface area (Å²) in [6.45, 7) is 0.710. The third-order valence-corrected chi connectivity index (χ3v) is 4.69. The second-order valence-corrected chi connectivity index (χ2v) is 6.22. The van der Waals surface area contributed by atoms with Gasteiger partial charge < -0.3 is 15.0 Å². The second-order valence-electron chi connectivity index (χ2n) is 5.30. The van der Waals surface area contributed by atoms with Gasteiger partial charge in [-0.3, -0.25) is 9.59 Å². The lowest BCUT2D eigenvalue weighted by Crippen LogP contribution is -2.23. The molecule has 1 saturated heterocycles. The van der Waals surface area contributed by atoms with Gasteiger partial charge in [0.05, 0.1) is 12.8 Å². The highest BCUT2D eigenvalue weighted by Gasteiger charge is 2.22. The Balaban J connectivity index is 1.73. The maximum Gasteiger partial charge on any atom is 0.350 e. The van der Waals surface area contributed by atoms with E-state index in [9.17, 15) is 14.4 Å². The monoisotopic (exact) mass is 344 g/mol. The van der Waals surface area contributed by atoms with Gasteiger partial charge in [0.25, 0.3) is 5.91 Å². The molecule has 1 aromatic heterocycles. The van der Waals surface area contributed by atoms with Crippen LogP contribution in [-0.4, -0.2) is 31.4 Å². The van der Waals surface area contributed by atoms with E-state index in [1.165, 1.54) is 18.4 Å². The first-order valence-electron chi connectivity index (χ1n) is 7.47. The zero-order valence-corrected chi connectivity index (χ0v) is 13.9. The predicted octanol–water partition coefficient (Wildman–Crippen LogP) is 2.91. The van der Waals surface area contributed by atoms with Crippen LogP contribution in [0.5, 0.6) is 0 Å². The first-order chi connectivity index (χ1) is 11.6. The summed E-state index contributed by atoms with van der Waals surface area (Å²) in [5.41, 5.74) is 1.67. The summed E-state index contributed by atoms with van der Waals surface area (Å²) in [5, 5.41) is 4.42. The van der Waals surface area contributed by atoms with Gasteiger partial charge >= 0.3 is 5.97 Å². The summed E-state index contributed by atoms with van der Waals surface area (Å²) in [4.78, 5) is 37.8. The molecule has 1 aromatic carbocycles. The fourth-order valence-electron chi connectivity index (χ4n) is 2.57. The molecular weight excluding hydrogens is 328 g/mol. The molecule has 0 spiro atoms. The Kier molecular flexibility index (Phi) is 4.61. The molecule has 6 nitrogen and oxygen atoms in total. The largest absolute Gasteiger partial charge is 0.465 e. The summed E-state index contributed by atoms with van der Waals surface area (Å²) >= 11 is 1.21. The summed E-state index contributed by atoms with van der Waals surface area (Å²) in [7, 11) is 1.30. The number of anilines is 2. The molecule has 7 heteroatoms. The minimum Gasteiger partial charge on any atom is -0.465 e. The molecule has 0 aliphatic carbocycles. The number of amides is 2. The Morgan fingerprint density at radius 3 is 2.58 bits per heavy atom. The highest BCUT2D eigenvalue weighted by atomic mass is 32.1. The smallest absolute Gasteiger partial charge is 0.350 e. The normalized spacial score (nSPS) is 13.9. The van der Waals surface area contributed by atoms with Gasteiger partial charge in [-0.25, -0.2) is 4.79 Å². The van der Waals surface area contributed by atoms with Gasteiger partial charge in [0, 0.05) is 24.2 Å². The van der Waals surface area contributed by atoms with Crippen molar-refractivity contribution < 1.29 is 19.1 Å². The minimum atomic E-state index is -0.483.